The fourth-order valence-electron chi connectivity index (χ4n) is 2.74. The second kappa shape index (κ2) is 6.66. The van der Waals surface area contributed by atoms with Crippen molar-refractivity contribution in [3.63, 3.8) is 0 Å². The van der Waals surface area contributed by atoms with Crippen LogP contribution in [0.25, 0.3) is 10.9 Å². The molecular formula is C17H26N4. The Labute approximate surface area is 127 Å². The van der Waals surface area contributed by atoms with Gasteiger partial charge in [-0.05, 0) is 24.0 Å². The standard InChI is InChI=1S/C17H26N4/c1-6-13-8-7-9-15-14(12-19-16(13)15)10-11-18-17(20(2)3)21(4)5/h7-9,12,19H,6,10-11H2,1-5H3. The number of aryl methyl sites for hydroxylation is 1. The number of H-pyrrole nitrogens is 1. The Hall–Kier alpha value is -1.97. The summed E-state index contributed by atoms with van der Waals surface area (Å²) in [5.74, 6) is 1.00. The van der Waals surface area contributed by atoms with Crippen LogP contribution in [0.5, 0.6) is 0 Å². The summed E-state index contributed by atoms with van der Waals surface area (Å²) >= 11 is 0. The lowest BCUT2D eigenvalue weighted by Crippen LogP contribution is -2.35. The number of hydrogen-bond donors (Lipinski definition) is 1. The Bertz CT molecular complexity index is 613. The van der Waals surface area contributed by atoms with E-state index < -0.39 is 0 Å². The fourth-order valence-corrected chi connectivity index (χ4v) is 2.74. The van der Waals surface area contributed by atoms with Crippen molar-refractivity contribution in [2.45, 2.75) is 19.8 Å². The first-order valence-corrected chi connectivity index (χ1v) is 7.51. The number of aromatic amines is 1. The van der Waals surface area contributed by atoms with Crippen LogP contribution >= 0.6 is 0 Å². The summed E-state index contributed by atoms with van der Waals surface area (Å²) < 4.78 is 0. The molecule has 0 spiro atoms. The lowest BCUT2D eigenvalue weighted by Gasteiger charge is -2.22. The molecule has 4 nitrogen and oxygen atoms in total. The molecule has 1 heterocycles. The summed E-state index contributed by atoms with van der Waals surface area (Å²) in [7, 11) is 8.10. The molecule has 0 saturated carbocycles. The molecule has 0 aliphatic carbocycles. The summed E-state index contributed by atoms with van der Waals surface area (Å²) in [4.78, 5) is 12.2. The third kappa shape index (κ3) is 3.38. The highest BCUT2D eigenvalue weighted by molar-refractivity contribution is 5.86. The topological polar surface area (TPSA) is 34.6 Å². The van der Waals surface area contributed by atoms with Crippen molar-refractivity contribution in [1.29, 1.82) is 0 Å². The molecule has 1 aromatic heterocycles. The molecule has 0 bridgehead atoms. The Balaban J connectivity index is 2.16. The molecule has 1 aromatic carbocycles. The summed E-state index contributed by atoms with van der Waals surface area (Å²) in [5.41, 5.74) is 4.00. The summed E-state index contributed by atoms with van der Waals surface area (Å²) in [6, 6.07) is 6.53. The molecule has 0 atom stereocenters. The van der Waals surface area contributed by atoms with Crippen LogP contribution in [0, 0.1) is 0 Å². The van der Waals surface area contributed by atoms with E-state index in [-0.39, 0.29) is 0 Å². The van der Waals surface area contributed by atoms with Gasteiger partial charge in [-0.15, -0.1) is 0 Å². The minimum absolute atomic E-state index is 0.801. The number of nitrogens with zero attached hydrogens (tertiary/aromatic N) is 3. The highest BCUT2D eigenvalue weighted by Crippen LogP contribution is 2.22. The maximum absolute atomic E-state index is 4.70. The minimum Gasteiger partial charge on any atom is -0.361 e. The normalized spacial score (nSPS) is 10.7. The number of benzene rings is 1. The number of aliphatic imine (C=N–C) groups is 1. The van der Waals surface area contributed by atoms with Crippen LogP contribution in [0.1, 0.15) is 18.1 Å². The first kappa shape index (κ1) is 15.4. The van der Waals surface area contributed by atoms with Crippen molar-refractivity contribution in [3.8, 4) is 0 Å². The van der Waals surface area contributed by atoms with Crippen LogP contribution in [0.15, 0.2) is 29.4 Å². The predicted molar refractivity (Wildman–Crippen MR) is 91.1 cm³/mol. The van der Waals surface area contributed by atoms with Gasteiger partial charge in [-0.25, -0.2) is 0 Å². The lowest BCUT2D eigenvalue weighted by molar-refractivity contribution is 0.479. The van der Waals surface area contributed by atoms with Crippen LogP contribution in [0.4, 0.5) is 0 Å². The smallest absolute Gasteiger partial charge is 0.195 e. The minimum atomic E-state index is 0.801. The summed E-state index contributed by atoms with van der Waals surface area (Å²) in [5, 5.41) is 1.33. The van der Waals surface area contributed by atoms with Gasteiger partial charge in [0.05, 0.1) is 0 Å². The van der Waals surface area contributed by atoms with Gasteiger partial charge in [-0.3, -0.25) is 4.99 Å². The highest BCUT2D eigenvalue weighted by Gasteiger charge is 2.07. The maximum Gasteiger partial charge on any atom is 0.195 e. The second-order valence-corrected chi connectivity index (χ2v) is 5.73. The van der Waals surface area contributed by atoms with Crippen LogP contribution in [-0.2, 0) is 12.8 Å². The summed E-state index contributed by atoms with van der Waals surface area (Å²) in [6.45, 7) is 3.00. The van der Waals surface area contributed by atoms with E-state index >= 15 is 0 Å². The van der Waals surface area contributed by atoms with Crippen LogP contribution < -0.4 is 0 Å². The van der Waals surface area contributed by atoms with E-state index in [0.717, 1.165) is 25.3 Å². The first-order valence-electron chi connectivity index (χ1n) is 7.51. The van der Waals surface area contributed by atoms with Crippen LogP contribution in [0.3, 0.4) is 0 Å². The zero-order chi connectivity index (χ0) is 15.4. The van der Waals surface area contributed by atoms with Gasteiger partial charge in [-0.1, -0.05) is 25.1 Å². The van der Waals surface area contributed by atoms with Crippen molar-refractivity contribution in [2.24, 2.45) is 4.99 Å². The van der Waals surface area contributed by atoms with Crippen molar-refractivity contribution < 1.29 is 0 Å². The van der Waals surface area contributed by atoms with E-state index in [0.29, 0.717) is 0 Å². The van der Waals surface area contributed by atoms with Crippen LogP contribution in [-0.4, -0.2) is 55.5 Å². The Morgan fingerprint density at radius 1 is 1.10 bits per heavy atom. The largest absolute Gasteiger partial charge is 0.361 e. The average molecular weight is 286 g/mol. The van der Waals surface area contributed by atoms with E-state index in [9.17, 15) is 0 Å². The molecule has 0 aliphatic rings. The molecule has 0 fully saturated rings. The predicted octanol–water partition coefficient (Wildman–Crippen LogP) is 2.75. The molecule has 0 saturated heterocycles. The molecule has 114 valence electrons. The zero-order valence-corrected chi connectivity index (χ0v) is 13.8. The number of nitrogens with one attached hydrogen (secondary N) is 1. The zero-order valence-electron chi connectivity index (χ0n) is 13.8. The number of guanidine groups is 1. The van der Waals surface area contributed by atoms with Crippen molar-refractivity contribution >= 4 is 16.9 Å². The van der Waals surface area contributed by atoms with Gasteiger partial charge in [0.1, 0.15) is 0 Å². The van der Waals surface area contributed by atoms with Gasteiger partial charge in [-0.2, -0.15) is 0 Å². The molecule has 0 unspecified atom stereocenters. The molecule has 4 heteroatoms. The van der Waals surface area contributed by atoms with Gasteiger partial charge < -0.3 is 14.8 Å². The Kier molecular flexibility index (Phi) is 4.89. The van der Waals surface area contributed by atoms with E-state index in [1.165, 1.54) is 22.0 Å². The molecule has 2 aromatic rings. The summed E-state index contributed by atoms with van der Waals surface area (Å²) in [6.07, 6.45) is 4.14. The quantitative estimate of drug-likeness (QED) is 0.693. The van der Waals surface area contributed by atoms with E-state index in [2.05, 4.69) is 36.3 Å². The van der Waals surface area contributed by atoms with E-state index in [1.807, 2.05) is 38.0 Å². The van der Waals surface area contributed by atoms with Crippen molar-refractivity contribution in [1.82, 2.24) is 14.8 Å². The molecule has 0 amide bonds. The Morgan fingerprint density at radius 3 is 2.43 bits per heavy atom. The second-order valence-electron chi connectivity index (χ2n) is 5.73. The van der Waals surface area contributed by atoms with Crippen molar-refractivity contribution in [3.05, 3.63) is 35.5 Å². The number of para-hydroxylation sites is 1. The third-order valence-electron chi connectivity index (χ3n) is 3.70. The van der Waals surface area contributed by atoms with Gasteiger partial charge in [0, 0.05) is 51.8 Å². The highest BCUT2D eigenvalue weighted by atomic mass is 15.3. The Morgan fingerprint density at radius 2 is 1.81 bits per heavy atom. The molecule has 0 radical (unpaired) electrons. The van der Waals surface area contributed by atoms with E-state index in [4.69, 9.17) is 4.99 Å². The van der Waals surface area contributed by atoms with Crippen LogP contribution in [0.2, 0.25) is 0 Å². The SMILES string of the molecule is CCc1cccc2c(CCN=C(N(C)C)N(C)C)c[nH]c12. The number of rotatable bonds is 4. The molecular weight excluding hydrogens is 260 g/mol. The lowest BCUT2D eigenvalue weighted by atomic mass is 10.1. The third-order valence-corrected chi connectivity index (χ3v) is 3.70. The maximum atomic E-state index is 4.70. The monoisotopic (exact) mass is 286 g/mol. The molecule has 21 heavy (non-hydrogen) atoms. The average Bonchev–Trinajstić information content (AvgIpc) is 2.85. The first-order chi connectivity index (χ1) is 10.0. The molecule has 0 aliphatic heterocycles. The van der Waals surface area contributed by atoms with Crippen molar-refractivity contribution in [2.75, 3.05) is 34.7 Å². The number of aromatic nitrogens is 1. The fraction of sp³-hybridized carbons (Fsp3) is 0.471. The van der Waals surface area contributed by atoms with Gasteiger partial charge in [0.2, 0.25) is 0 Å². The van der Waals surface area contributed by atoms with Gasteiger partial charge in [0.25, 0.3) is 0 Å². The van der Waals surface area contributed by atoms with Gasteiger partial charge >= 0.3 is 0 Å². The molecule has 2 rings (SSSR count). The van der Waals surface area contributed by atoms with Gasteiger partial charge in [0.15, 0.2) is 5.96 Å². The molecule has 1 N–H and O–H groups in total. The van der Waals surface area contributed by atoms with E-state index in [1.54, 1.807) is 0 Å². The number of fused-ring (bicyclic) bond motifs is 1. The number of hydrogen-bond acceptors (Lipinski definition) is 1.